The van der Waals surface area contributed by atoms with Crippen molar-refractivity contribution in [2.75, 3.05) is 40.4 Å². The van der Waals surface area contributed by atoms with Gasteiger partial charge in [0.1, 0.15) is 0 Å². The minimum Gasteiger partial charge on any atom is -0.383 e. The zero-order valence-corrected chi connectivity index (χ0v) is 12.3. The summed E-state index contributed by atoms with van der Waals surface area (Å²) in [7, 11) is -0.247. The van der Waals surface area contributed by atoms with Gasteiger partial charge in [-0.3, -0.25) is 0 Å². The molecule has 0 aromatic rings. The second-order valence-electron chi connectivity index (χ2n) is 5.11. The maximum absolute atomic E-state index is 12.3. The monoisotopic (exact) mass is 279 g/mol. The molecule has 18 heavy (non-hydrogen) atoms. The number of nitrogens with two attached hydrogens (primary N) is 1. The van der Waals surface area contributed by atoms with E-state index in [2.05, 4.69) is 6.92 Å². The van der Waals surface area contributed by atoms with Gasteiger partial charge in [-0.25, -0.2) is 0 Å². The van der Waals surface area contributed by atoms with Crippen LogP contribution in [0.25, 0.3) is 0 Å². The largest absolute Gasteiger partial charge is 0.383 e. The summed E-state index contributed by atoms with van der Waals surface area (Å²) in [6, 6.07) is -0.294. The number of hydrogen-bond acceptors (Lipinski definition) is 4. The lowest BCUT2D eigenvalue weighted by molar-refractivity contribution is 0.171. The van der Waals surface area contributed by atoms with Crippen molar-refractivity contribution in [1.29, 1.82) is 0 Å². The number of likely N-dealkylation sites (N-methyl/N-ethyl adjacent to an activating group) is 1. The van der Waals surface area contributed by atoms with Crippen LogP contribution in [-0.2, 0) is 14.9 Å². The highest BCUT2D eigenvalue weighted by Gasteiger charge is 2.31. The highest BCUT2D eigenvalue weighted by molar-refractivity contribution is 7.86. The van der Waals surface area contributed by atoms with Gasteiger partial charge in [0, 0.05) is 39.8 Å². The number of hydrogen-bond donors (Lipinski definition) is 1. The van der Waals surface area contributed by atoms with Crippen molar-refractivity contribution in [3.8, 4) is 0 Å². The molecule has 1 heterocycles. The molecule has 1 fully saturated rings. The zero-order valence-electron chi connectivity index (χ0n) is 11.5. The lowest BCUT2D eigenvalue weighted by Crippen LogP contribution is -2.49. The minimum atomic E-state index is -3.38. The Morgan fingerprint density at radius 3 is 2.78 bits per heavy atom. The molecule has 0 amide bonds. The lowest BCUT2D eigenvalue weighted by Gasteiger charge is -2.33. The maximum Gasteiger partial charge on any atom is 0.281 e. The van der Waals surface area contributed by atoms with Crippen LogP contribution in [0.3, 0.4) is 0 Å². The third-order valence-corrected chi connectivity index (χ3v) is 5.13. The third kappa shape index (κ3) is 4.17. The van der Waals surface area contributed by atoms with Crippen molar-refractivity contribution < 1.29 is 13.2 Å². The Balaban J connectivity index is 2.61. The predicted octanol–water partition coefficient (Wildman–Crippen LogP) is -0.131. The molecule has 2 atom stereocenters. The average Bonchev–Trinajstić information content (AvgIpc) is 2.29. The van der Waals surface area contributed by atoms with Crippen LogP contribution in [-0.4, -0.2) is 63.5 Å². The third-order valence-electron chi connectivity index (χ3n) is 3.21. The number of methoxy groups -OCH3 is 1. The average molecular weight is 279 g/mol. The summed E-state index contributed by atoms with van der Waals surface area (Å²) in [6.45, 7) is 3.93. The van der Waals surface area contributed by atoms with Gasteiger partial charge in [-0.15, -0.1) is 0 Å². The number of ether oxygens (including phenoxy) is 1. The first-order valence-corrected chi connectivity index (χ1v) is 7.73. The molecular weight excluding hydrogens is 254 g/mol. The van der Waals surface area contributed by atoms with Crippen LogP contribution < -0.4 is 5.73 Å². The van der Waals surface area contributed by atoms with Crippen LogP contribution in [0.2, 0.25) is 0 Å². The first-order valence-electron chi connectivity index (χ1n) is 6.33. The van der Waals surface area contributed by atoms with Crippen LogP contribution >= 0.6 is 0 Å². The van der Waals surface area contributed by atoms with Crippen LogP contribution in [0, 0.1) is 5.92 Å². The highest BCUT2D eigenvalue weighted by Crippen LogP contribution is 2.19. The second kappa shape index (κ2) is 6.81. The van der Waals surface area contributed by atoms with Crippen LogP contribution in [0.1, 0.15) is 19.8 Å². The van der Waals surface area contributed by atoms with E-state index < -0.39 is 10.2 Å². The van der Waals surface area contributed by atoms with Crippen molar-refractivity contribution in [3.63, 3.8) is 0 Å². The first-order chi connectivity index (χ1) is 8.37. The molecule has 6 nitrogen and oxygen atoms in total. The van der Waals surface area contributed by atoms with E-state index in [9.17, 15) is 8.42 Å². The first kappa shape index (κ1) is 15.8. The van der Waals surface area contributed by atoms with Gasteiger partial charge in [-0.1, -0.05) is 6.92 Å². The highest BCUT2D eigenvalue weighted by atomic mass is 32.2. The summed E-state index contributed by atoms with van der Waals surface area (Å²) >= 11 is 0. The summed E-state index contributed by atoms with van der Waals surface area (Å²) in [5.74, 6) is 0.426. The van der Waals surface area contributed by atoms with E-state index in [0.29, 0.717) is 25.6 Å². The molecule has 0 bridgehead atoms. The molecule has 7 heteroatoms. The van der Waals surface area contributed by atoms with E-state index >= 15 is 0 Å². The van der Waals surface area contributed by atoms with Gasteiger partial charge in [0.15, 0.2) is 0 Å². The molecule has 2 unspecified atom stereocenters. The molecule has 0 saturated carbocycles. The molecular formula is C11H25N3O3S. The molecule has 1 aliphatic rings. The summed E-state index contributed by atoms with van der Waals surface area (Å²) < 4.78 is 32.5. The fourth-order valence-corrected chi connectivity index (χ4v) is 3.82. The Labute approximate surface area is 110 Å². The summed E-state index contributed by atoms with van der Waals surface area (Å²) in [6.07, 6.45) is 2.03. The molecule has 0 aliphatic carbocycles. The Hall–Kier alpha value is -0.210. The van der Waals surface area contributed by atoms with Gasteiger partial charge in [-0.05, 0) is 18.8 Å². The Morgan fingerprint density at radius 2 is 2.22 bits per heavy atom. The molecule has 108 valence electrons. The van der Waals surface area contributed by atoms with E-state index in [1.807, 2.05) is 0 Å². The minimum absolute atomic E-state index is 0.279. The maximum atomic E-state index is 12.3. The standard InChI is InChI=1S/C11H25N3O3S/c1-10-5-4-6-14(7-10)18(15,16)13(2)8-11(12)9-17-3/h10-11H,4-9,12H2,1-3H3. The topological polar surface area (TPSA) is 75.9 Å². The van der Waals surface area contributed by atoms with E-state index in [0.717, 1.165) is 12.8 Å². The smallest absolute Gasteiger partial charge is 0.281 e. The summed E-state index contributed by atoms with van der Waals surface area (Å²) in [4.78, 5) is 0. The normalized spacial score (nSPS) is 24.4. The SMILES string of the molecule is COCC(N)CN(C)S(=O)(=O)N1CCCC(C)C1. The Morgan fingerprint density at radius 1 is 1.56 bits per heavy atom. The molecule has 1 rings (SSSR count). The summed E-state index contributed by atoms with van der Waals surface area (Å²) in [5, 5.41) is 0. The van der Waals surface area contributed by atoms with Crippen molar-refractivity contribution in [1.82, 2.24) is 8.61 Å². The van der Waals surface area contributed by atoms with Crippen LogP contribution in [0.4, 0.5) is 0 Å². The van der Waals surface area contributed by atoms with Crippen molar-refractivity contribution in [2.24, 2.45) is 11.7 Å². The number of rotatable bonds is 6. The molecule has 2 N–H and O–H groups in total. The molecule has 1 aliphatic heterocycles. The van der Waals surface area contributed by atoms with Gasteiger partial charge in [0.25, 0.3) is 10.2 Å². The number of nitrogens with zero attached hydrogens (tertiary/aromatic N) is 2. The number of piperidine rings is 1. The van der Waals surface area contributed by atoms with Gasteiger partial charge < -0.3 is 10.5 Å². The van der Waals surface area contributed by atoms with Gasteiger partial charge >= 0.3 is 0 Å². The van der Waals surface area contributed by atoms with Crippen LogP contribution in [0.15, 0.2) is 0 Å². The van der Waals surface area contributed by atoms with Crippen molar-refractivity contribution >= 4 is 10.2 Å². The molecule has 0 spiro atoms. The fourth-order valence-electron chi connectivity index (χ4n) is 2.24. The van der Waals surface area contributed by atoms with Crippen molar-refractivity contribution in [2.45, 2.75) is 25.8 Å². The summed E-state index contributed by atoms with van der Waals surface area (Å²) in [5.41, 5.74) is 5.79. The zero-order chi connectivity index (χ0) is 13.8. The molecule has 1 saturated heterocycles. The van der Waals surface area contributed by atoms with E-state index in [-0.39, 0.29) is 12.6 Å². The predicted molar refractivity (Wildman–Crippen MR) is 71.4 cm³/mol. The molecule has 0 aromatic heterocycles. The van der Waals surface area contributed by atoms with E-state index in [1.165, 1.54) is 4.31 Å². The van der Waals surface area contributed by atoms with E-state index in [1.54, 1.807) is 18.5 Å². The Kier molecular flexibility index (Phi) is 6.00. The molecule has 0 aromatic carbocycles. The fraction of sp³-hybridized carbons (Fsp3) is 1.00. The van der Waals surface area contributed by atoms with Crippen LogP contribution in [0.5, 0.6) is 0 Å². The van der Waals surface area contributed by atoms with E-state index in [4.69, 9.17) is 10.5 Å². The van der Waals surface area contributed by atoms with Gasteiger partial charge in [-0.2, -0.15) is 17.0 Å². The second-order valence-corrected chi connectivity index (χ2v) is 7.14. The van der Waals surface area contributed by atoms with Gasteiger partial charge in [0.2, 0.25) is 0 Å². The van der Waals surface area contributed by atoms with Gasteiger partial charge in [0.05, 0.1) is 6.61 Å². The quantitative estimate of drug-likeness (QED) is 0.735. The molecule has 0 radical (unpaired) electrons. The lowest BCUT2D eigenvalue weighted by atomic mass is 10.0. The van der Waals surface area contributed by atoms with Crippen molar-refractivity contribution in [3.05, 3.63) is 0 Å². The Bertz CT molecular complexity index is 347.